The van der Waals surface area contributed by atoms with E-state index in [1.54, 1.807) is 0 Å². The first kappa shape index (κ1) is 15.0. The van der Waals surface area contributed by atoms with E-state index in [9.17, 15) is 0 Å². The third-order valence-electron chi connectivity index (χ3n) is 5.46. The van der Waals surface area contributed by atoms with E-state index in [0.717, 1.165) is 50.5 Å². The standard InChI is InChI=1S/C18H23N7/c1-8-19-24(9-1)13-12-23-10-6-15(7-11-23)18-21-20-17-5-4-16(14-2-3-14)22-25(17)18/h1,4-5,8-9,14-15H,2-3,6-7,10-13H2. The number of hydrogen-bond acceptors (Lipinski definition) is 5. The first-order valence-corrected chi connectivity index (χ1v) is 9.29. The highest BCUT2D eigenvalue weighted by Crippen LogP contribution is 2.39. The van der Waals surface area contributed by atoms with Gasteiger partial charge in [0.15, 0.2) is 11.5 Å². The van der Waals surface area contributed by atoms with Gasteiger partial charge in [-0.15, -0.1) is 10.2 Å². The smallest absolute Gasteiger partial charge is 0.177 e. The van der Waals surface area contributed by atoms with Crippen molar-refractivity contribution in [1.29, 1.82) is 0 Å². The zero-order valence-electron chi connectivity index (χ0n) is 14.3. The van der Waals surface area contributed by atoms with Gasteiger partial charge in [-0.25, -0.2) is 0 Å². The van der Waals surface area contributed by atoms with E-state index >= 15 is 0 Å². The van der Waals surface area contributed by atoms with Crippen molar-refractivity contribution in [2.75, 3.05) is 19.6 Å². The molecule has 0 spiro atoms. The molecule has 130 valence electrons. The van der Waals surface area contributed by atoms with Gasteiger partial charge in [-0.3, -0.25) is 4.68 Å². The first-order chi connectivity index (χ1) is 12.4. The summed E-state index contributed by atoms with van der Waals surface area (Å²) < 4.78 is 4.00. The highest BCUT2D eigenvalue weighted by atomic mass is 15.4. The Labute approximate surface area is 146 Å². The molecule has 2 aliphatic rings. The van der Waals surface area contributed by atoms with Crippen molar-refractivity contribution >= 4 is 5.65 Å². The zero-order chi connectivity index (χ0) is 16.6. The normalized spacial score (nSPS) is 19.7. The summed E-state index contributed by atoms with van der Waals surface area (Å²) in [5.74, 6) is 2.16. The van der Waals surface area contributed by atoms with Crippen LogP contribution in [0, 0.1) is 0 Å². The zero-order valence-corrected chi connectivity index (χ0v) is 14.3. The molecule has 5 rings (SSSR count). The van der Waals surface area contributed by atoms with Crippen LogP contribution < -0.4 is 0 Å². The monoisotopic (exact) mass is 337 g/mol. The number of rotatable bonds is 5. The molecular weight excluding hydrogens is 314 g/mol. The van der Waals surface area contributed by atoms with Gasteiger partial charge in [-0.2, -0.15) is 14.7 Å². The van der Waals surface area contributed by atoms with E-state index in [4.69, 9.17) is 5.10 Å². The van der Waals surface area contributed by atoms with E-state index in [1.807, 2.05) is 27.7 Å². The molecule has 1 aliphatic heterocycles. The summed E-state index contributed by atoms with van der Waals surface area (Å²) >= 11 is 0. The van der Waals surface area contributed by atoms with Gasteiger partial charge < -0.3 is 4.90 Å². The number of likely N-dealkylation sites (tertiary alicyclic amines) is 1. The molecule has 25 heavy (non-hydrogen) atoms. The Bertz CT molecular complexity index is 842. The lowest BCUT2D eigenvalue weighted by Gasteiger charge is -2.30. The molecule has 0 N–H and O–H groups in total. The third-order valence-corrected chi connectivity index (χ3v) is 5.46. The molecule has 3 aromatic heterocycles. The van der Waals surface area contributed by atoms with Crippen LogP contribution in [-0.4, -0.2) is 54.1 Å². The minimum atomic E-state index is 0.456. The van der Waals surface area contributed by atoms with Crippen molar-refractivity contribution < 1.29 is 0 Å². The van der Waals surface area contributed by atoms with Crippen LogP contribution in [0.1, 0.15) is 49.0 Å². The summed E-state index contributed by atoms with van der Waals surface area (Å²) in [6.45, 7) is 4.21. The van der Waals surface area contributed by atoms with E-state index in [2.05, 4.69) is 32.3 Å². The van der Waals surface area contributed by atoms with E-state index in [-0.39, 0.29) is 0 Å². The lowest BCUT2D eigenvalue weighted by molar-refractivity contribution is 0.199. The molecule has 1 aliphatic carbocycles. The van der Waals surface area contributed by atoms with Crippen molar-refractivity contribution in [2.24, 2.45) is 0 Å². The molecular formula is C18H23N7. The highest BCUT2D eigenvalue weighted by Gasteiger charge is 2.28. The number of nitrogens with zero attached hydrogens (tertiary/aromatic N) is 7. The van der Waals surface area contributed by atoms with E-state index in [1.165, 1.54) is 18.5 Å². The fourth-order valence-electron chi connectivity index (χ4n) is 3.76. The van der Waals surface area contributed by atoms with Crippen LogP contribution >= 0.6 is 0 Å². The number of aromatic nitrogens is 6. The van der Waals surface area contributed by atoms with Crippen molar-refractivity contribution in [3.8, 4) is 0 Å². The maximum Gasteiger partial charge on any atom is 0.177 e. The molecule has 3 aromatic rings. The summed E-state index contributed by atoms with van der Waals surface area (Å²) in [4.78, 5) is 2.52. The summed E-state index contributed by atoms with van der Waals surface area (Å²) in [7, 11) is 0. The molecule has 2 fully saturated rings. The second kappa shape index (κ2) is 6.22. The van der Waals surface area contributed by atoms with Gasteiger partial charge in [0.05, 0.1) is 12.2 Å². The van der Waals surface area contributed by atoms with Crippen molar-refractivity contribution in [1.82, 2.24) is 34.5 Å². The predicted octanol–water partition coefficient (Wildman–Crippen LogP) is 2.08. The van der Waals surface area contributed by atoms with Gasteiger partial charge >= 0.3 is 0 Å². The predicted molar refractivity (Wildman–Crippen MR) is 93.4 cm³/mol. The Morgan fingerprint density at radius 1 is 0.960 bits per heavy atom. The van der Waals surface area contributed by atoms with Gasteiger partial charge in [0.25, 0.3) is 0 Å². The van der Waals surface area contributed by atoms with Crippen LogP contribution in [0.2, 0.25) is 0 Å². The molecule has 0 bridgehead atoms. The average Bonchev–Trinajstić information content (AvgIpc) is 3.21. The molecule has 0 amide bonds. The first-order valence-electron chi connectivity index (χ1n) is 9.29. The van der Waals surface area contributed by atoms with Crippen molar-refractivity contribution in [3.05, 3.63) is 42.1 Å². The van der Waals surface area contributed by atoms with Gasteiger partial charge in [0, 0.05) is 30.8 Å². The number of piperidine rings is 1. The topological polar surface area (TPSA) is 64.1 Å². The highest BCUT2D eigenvalue weighted by molar-refractivity contribution is 5.38. The lowest BCUT2D eigenvalue weighted by atomic mass is 9.96. The molecule has 7 nitrogen and oxygen atoms in total. The maximum atomic E-state index is 4.83. The summed E-state index contributed by atoms with van der Waals surface area (Å²) in [6, 6.07) is 6.16. The minimum Gasteiger partial charge on any atom is -0.301 e. The SMILES string of the molecule is c1cnn(CCN2CCC(c3nnc4ccc(C5CC5)nn34)CC2)c1. The van der Waals surface area contributed by atoms with Crippen LogP contribution in [0.25, 0.3) is 5.65 Å². The second-order valence-corrected chi connectivity index (χ2v) is 7.25. The molecule has 1 saturated heterocycles. The van der Waals surface area contributed by atoms with Crippen LogP contribution in [0.15, 0.2) is 30.6 Å². The van der Waals surface area contributed by atoms with Crippen LogP contribution in [0.5, 0.6) is 0 Å². The van der Waals surface area contributed by atoms with E-state index in [0.29, 0.717) is 11.8 Å². The van der Waals surface area contributed by atoms with Crippen LogP contribution in [0.3, 0.4) is 0 Å². The molecule has 0 radical (unpaired) electrons. The van der Waals surface area contributed by atoms with E-state index < -0.39 is 0 Å². The molecule has 0 unspecified atom stereocenters. The Kier molecular flexibility index (Phi) is 3.73. The van der Waals surface area contributed by atoms with Gasteiger partial charge in [-0.05, 0) is 57.0 Å². The third kappa shape index (κ3) is 3.04. The second-order valence-electron chi connectivity index (χ2n) is 7.25. The van der Waals surface area contributed by atoms with Crippen LogP contribution in [0.4, 0.5) is 0 Å². The lowest BCUT2D eigenvalue weighted by Crippen LogP contribution is -2.35. The fraction of sp³-hybridized carbons (Fsp3) is 0.556. The Morgan fingerprint density at radius 3 is 2.60 bits per heavy atom. The van der Waals surface area contributed by atoms with Crippen molar-refractivity contribution in [3.63, 3.8) is 0 Å². The Hall–Kier alpha value is -2.28. The molecule has 4 heterocycles. The fourth-order valence-corrected chi connectivity index (χ4v) is 3.76. The quantitative estimate of drug-likeness (QED) is 0.713. The summed E-state index contributed by atoms with van der Waals surface area (Å²) in [6.07, 6.45) is 8.64. The number of fused-ring (bicyclic) bond motifs is 1. The summed E-state index contributed by atoms with van der Waals surface area (Å²) in [5.41, 5.74) is 2.07. The van der Waals surface area contributed by atoms with Gasteiger partial charge in [0.1, 0.15) is 0 Å². The maximum absolute atomic E-state index is 4.83. The molecule has 0 atom stereocenters. The molecule has 1 saturated carbocycles. The largest absolute Gasteiger partial charge is 0.301 e. The van der Waals surface area contributed by atoms with Gasteiger partial charge in [0.2, 0.25) is 0 Å². The minimum absolute atomic E-state index is 0.456. The summed E-state index contributed by atoms with van der Waals surface area (Å²) in [5, 5.41) is 17.9. The van der Waals surface area contributed by atoms with Crippen LogP contribution in [-0.2, 0) is 6.54 Å². The Morgan fingerprint density at radius 2 is 1.84 bits per heavy atom. The van der Waals surface area contributed by atoms with Crippen molar-refractivity contribution in [2.45, 2.75) is 44.1 Å². The average molecular weight is 337 g/mol. The Balaban J connectivity index is 1.25. The molecule has 0 aromatic carbocycles. The van der Waals surface area contributed by atoms with Gasteiger partial charge in [-0.1, -0.05) is 0 Å². The number of hydrogen-bond donors (Lipinski definition) is 0. The molecule has 7 heteroatoms.